The standard InChI is InChI=1S/C22H25F2I/c1-3-7-19(25)9-6-4-5-8-17-11-13-18(14-12-17)20-15-10-16(2)21(23)22(20)24/h5,8,10-15,19H,3-4,6-7,9H2,1-2H3. The van der Waals surface area contributed by atoms with E-state index in [0.29, 0.717) is 16.7 Å². The van der Waals surface area contributed by atoms with Gasteiger partial charge in [-0.05, 0) is 49.3 Å². The molecule has 0 bridgehead atoms. The van der Waals surface area contributed by atoms with Crippen molar-refractivity contribution in [1.82, 2.24) is 0 Å². The van der Waals surface area contributed by atoms with E-state index in [2.05, 4.69) is 41.7 Å². The summed E-state index contributed by atoms with van der Waals surface area (Å²) in [5.41, 5.74) is 2.41. The molecule has 0 saturated carbocycles. The molecule has 0 nitrogen and oxygen atoms in total. The monoisotopic (exact) mass is 454 g/mol. The Morgan fingerprint density at radius 3 is 2.40 bits per heavy atom. The van der Waals surface area contributed by atoms with Crippen LogP contribution in [0, 0.1) is 18.6 Å². The Kier molecular flexibility index (Phi) is 8.07. The molecule has 2 aromatic rings. The quantitative estimate of drug-likeness (QED) is 0.218. The van der Waals surface area contributed by atoms with E-state index in [0.717, 1.165) is 15.9 Å². The van der Waals surface area contributed by atoms with Gasteiger partial charge >= 0.3 is 0 Å². The Labute approximate surface area is 163 Å². The Morgan fingerprint density at radius 1 is 1.00 bits per heavy atom. The van der Waals surface area contributed by atoms with Gasteiger partial charge in [0.2, 0.25) is 0 Å². The Hall–Kier alpha value is -1.23. The number of halogens is 3. The predicted octanol–water partition coefficient (Wildman–Crippen LogP) is 7.73. The van der Waals surface area contributed by atoms with Crippen LogP contribution in [0.4, 0.5) is 8.78 Å². The van der Waals surface area contributed by atoms with Gasteiger partial charge < -0.3 is 0 Å². The molecule has 0 spiro atoms. The molecule has 0 amide bonds. The first-order valence-electron chi connectivity index (χ1n) is 8.88. The summed E-state index contributed by atoms with van der Waals surface area (Å²) in [4.78, 5) is 0. The van der Waals surface area contributed by atoms with Crippen molar-refractivity contribution < 1.29 is 8.78 Å². The molecule has 0 N–H and O–H groups in total. The maximum absolute atomic E-state index is 14.1. The SMILES string of the molecule is CCCC(I)CCCC=Cc1ccc(-c2ccc(C)c(F)c2F)cc1. The maximum atomic E-state index is 14.1. The average molecular weight is 454 g/mol. The Balaban J connectivity index is 1.94. The third kappa shape index (κ3) is 5.91. The summed E-state index contributed by atoms with van der Waals surface area (Å²) in [5, 5.41) is 0. The van der Waals surface area contributed by atoms with Gasteiger partial charge in [-0.25, -0.2) is 8.78 Å². The lowest BCUT2D eigenvalue weighted by Crippen LogP contribution is -1.95. The second-order valence-corrected chi connectivity index (χ2v) is 8.16. The van der Waals surface area contributed by atoms with E-state index in [1.165, 1.54) is 25.7 Å². The number of hydrogen-bond donors (Lipinski definition) is 0. The van der Waals surface area contributed by atoms with Gasteiger partial charge in [0, 0.05) is 9.49 Å². The van der Waals surface area contributed by atoms with Crippen molar-refractivity contribution >= 4 is 28.7 Å². The molecule has 1 atom stereocenters. The number of allylic oxidation sites excluding steroid dienone is 1. The van der Waals surface area contributed by atoms with Crippen LogP contribution >= 0.6 is 22.6 Å². The highest BCUT2D eigenvalue weighted by atomic mass is 127. The third-order valence-electron chi connectivity index (χ3n) is 4.30. The minimum absolute atomic E-state index is 0.308. The largest absolute Gasteiger partial charge is 0.203 e. The van der Waals surface area contributed by atoms with Gasteiger partial charge in [0.15, 0.2) is 11.6 Å². The number of aryl methyl sites for hydroxylation is 1. The van der Waals surface area contributed by atoms with Gasteiger partial charge in [-0.1, -0.05) is 84.5 Å². The van der Waals surface area contributed by atoms with Crippen molar-refractivity contribution in [2.75, 3.05) is 0 Å². The van der Waals surface area contributed by atoms with Crippen molar-refractivity contribution in [3.8, 4) is 11.1 Å². The first kappa shape index (κ1) is 20.1. The first-order valence-corrected chi connectivity index (χ1v) is 10.1. The van der Waals surface area contributed by atoms with E-state index in [1.54, 1.807) is 19.1 Å². The lowest BCUT2D eigenvalue weighted by atomic mass is 10.0. The third-order valence-corrected chi connectivity index (χ3v) is 5.54. The molecule has 0 heterocycles. The Morgan fingerprint density at radius 2 is 1.72 bits per heavy atom. The number of rotatable bonds is 8. The number of alkyl halides is 1. The molecule has 134 valence electrons. The van der Waals surface area contributed by atoms with Crippen molar-refractivity contribution in [2.45, 2.75) is 49.9 Å². The highest BCUT2D eigenvalue weighted by Crippen LogP contribution is 2.26. The highest BCUT2D eigenvalue weighted by molar-refractivity contribution is 14.1. The molecule has 3 heteroatoms. The van der Waals surface area contributed by atoms with Gasteiger partial charge in [0.05, 0.1) is 0 Å². The van der Waals surface area contributed by atoms with Crippen LogP contribution in [-0.4, -0.2) is 3.92 Å². The molecule has 25 heavy (non-hydrogen) atoms. The summed E-state index contributed by atoms with van der Waals surface area (Å²) in [6, 6.07) is 10.8. The minimum atomic E-state index is -0.774. The highest BCUT2D eigenvalue weighted by Gasteiger charge is 2.12. The van der Waals surface area contributed by atoms with Crippen LogP contribution in [0.3, 0.4) is 0 Å². The van der Waals surface area contributed by atoms with Crippen LogP contribution < -0.4 is 0 Å². The molecule has 2 rings (SSSR count). The number of benzene rings is 2. The molecule has 0 fully saturated rings. The first-order chi connectivity index (χ1) is 12.0. The second-order valence-electron chi connectivity index (χ2n) is 6.40. The summed E-state index contributed by atoms with van der Waals surface area (Å²) >= 11 is 2.54. The van der Waals surface area contributed by atoms with Crippen LogP contribution in [0.1, 0.15) is 50.2 Å². The van der Waals surface area contributed by atoms with Crippen molar-refractivity contribution in [2.24, 2.45) is 0 Å². The summed E-state index contributed by atoms with van der Waals surface area (Å²) < 4.78 is 28.6. The zero-order valence-electron chi connectivity index (χ0n) is 14.9. The fraction of sp³-hybridized carbons (Fsp3) is 0.364. The fourth-order valence-corrected chi connectivity index (χ4v) is 3.84. The van der Waals surface area contributed by atoms with Gasteiger partial charge in [0.1, 0.15) is 0 Å². The van der Waals surface area contributed by atoms with Crippen LogP contribution in [0.25, 0.3) is 17.2 Å². The molecular formula is C22H25F2I. The zero-order chi connectivity index (χ0) is 18.2. The summed E-state index contributed by atoms with van der Waals surface area (Å²) in [6.45, 7) is 3.80. The van der Waals surface area contributed by atoms with E-state index >= 15 is 0 Å². The van der Waals surface area contributed by atoms with Crippen LogP contribution in [0.5, 0.6) is 0 Å². The zero-order valence-corrected chi connectivity index (χ0v) is 17.0. The van der Waals surface area contributed by atoms with E-state index in [4.69, 9.17) is 0 Å². The number of hydrogen-bond acceptors (Lipinski definition) is 0. The molecule has 0 aliphatic heterocycles. The van der Waals surface area contributed by atoms with E-state index in [-0.39, 0.29) is 0 Å². The molecule has 0 saturated heterocycles. The van der Waals surface area contributed by atoms with Crippen molar-refractivity contribution in [3.05, 3.63) is 65.2 Å². The van der Waals surface area contributed by atoms with Crippen LogP contribution in [0.15, 0.2) is 42.5 Å². The van der Waals surface area contributed by atoms with E-state index in [9.17, 15) is 8.78 Å². The van der Waals surface area contributed by atoms with E-state index in [1.807, 2.05) is 24.3 Å². The van der Waals surface area contributed by atoms with Gasteiger partial charge in [-0.3, -0.25) is 0 Å². The maximum Gasteiger partial charge on any atom is 0.166 e. The number of unbranched alkanes of at least 4 members (excludes halogenated alkanes) is 1. The predicted molar refractivity (Wildman–Crippen MR) is 112 cm³/mol. The normalized spacial score (nSPS) is 12.7. The molecule has 0 radical (unpaired) electrons. The molecule has 0 aromatic heterocycles. The topological polar surface area (TPSA) is 0 Å². The van der Waals surface area contributed by atoms with Crippen LogP contribution in [-0.2, 0) is 0 Å². The lowest BCUT2D eigenvalue weighted by Gasteiger charge is -2.07. The van der Waals surface area contributed by atoms with Gasteiger partial charge in [0.25, 0.3) is 0 Å². The molecule has 2 aromatic carbocycles. The van der Waals surface area contributed by atoms with Crippen LogP contribution in [0.2, 0.25) is 0 Å². The summed E-state index contributed by atoms with van der Waals surface area (Å²) in [6.07, 6.45) is 10.4. The molecular weight excluding hydrogens is 429 g/mol. The van der Waals surface area contributed by atoms with E-state index < -0.39 is 11.6 Å². The second kappa shape index (κ2) is 10.0. The molecule has 0 aliphatic rings. The lowest BCUT2D eigenvalue weighted by molar-refractivity contribution is 0.505. The molecule has 1 unspecified atom stereocenters. The van der Waals surface area contributed by atoms with Crippen molar-refractivity contribution in [3.63, 3.8) is 0 Å². The van der Waals surface area contributed by atoms with Gasteiger partial charge in [-0.15, -0.1) is 0 Å². The fourth-order valence-electron chi connectivity index (χ4n) is 2.78. The van der Waals surface area contributed by atoms with Crippen molar-refractivity contribution in [1.29, 1.82) is 0 Å². The average Bonchev–Trinajstić information content (AvgIpc) is 2.61. The smallest absolute Gasteiger partial charge is 0.166 e. The minimum Gasteiger partial charge on any atom is -0.203 e. The summed E-state index contributed by atoms with van der Waals surface area (Å²) in [7, 11) is 0. The Bertz CT molecular complexity index is 705. The van der Waals surface area contributed by atoms with Gasteiger partial charge in [-0.2, -0.15) is 0 Å². The summed E-state index contributed by atoms with van der Waals surface area (Å²) in [5.74, 6) is -1.54. The molecule has 0 aliphatic carbocycles.